The average Bonchev–Trinajstić information content (AvgIpc) is 2.76. The molecule has 2 fully saturated rings. The molecular formula is C9H13NO2. The van der Waals surface area contributed by atoms with Crippen LogP contribution < -0.4 is 5.32 Å². The van der Waals surface area contributed by atoms with E-state index in [4.69, 9.17) is 0 Å². The maximum absolute atomic E-state index is 11.4. The lowest BCUT2D eigenvalue weighted by molar-refractivity contribution is -0.131. The summed E-state index contributed by atoms with van der Waals surface area (Å²) in [4.78, 5) is 22.0. The summed E-state index contributed by atoms with van der Waals surface area (Å²) in [5, 5.41) is 2.90. The molecule has 3 nitrogen and oxygen atoms in total. The summed E-state index contributed by atoms with van der Waals surface area (Å²) in [5.41, 5.74) is -0.615. The third kappa shape index (κ3) is 1.13. The van der Waals surface area contributed by atoms with Crippen LogP contribution in [0.4, 0.5) is 0 Å². The van der Waals surface area contributed by atoms with Gasteiger partial charge in [-0.05, 0) is 32.1 Å². The maximum atomic E-state index is 11.4. The molecule has 0 radical (unpaired) electrons. The van der Waals surface area contributed by atoms with Gasteiger partial charge in [-0.1, -0.05) is 0 Å². The Balaban J connectivity index is 1.87. The molecule has 0 spiro atoms. The van der Waals surface area contributed by atoms with E-state index in [0.717, 1.165) is 32.0 Å². The zero-order chi connectivity index (χ0) is 8.60. The van der Waals surface area contributed by atoms with Crippen molar-refractivity contribution in [2.24, 2.45) is 5.41 Å². The van der Waals surface area contributed by atoms with Gasteiger partial charge in [-0.15, -0.1) is 0 Å². The Morgan fingerprint density at radius 3 is 2.42 bits per heavy atom. The third-order valence-electron chi connectivity index (χ3n) is 2.91. The zero-order valence-electron chi connectivity index (χ0n) is 7.01. The number of nitrogens with one attached hydrogen (secondary N) is 1. The van der Waals surface area contributed by atoms with Gasteiger partial charge in [0.25, 0.3) is 0 Å². The van der Waals surface area contributed by atoms with Crippen LogP contribution in [0.1, 0.15) is 32.1 Å². The van der Waals surface area contributed by atoms with Crippen molar-refractivity contribution < 1.29 is 9.59 Å². The van der Waals surface area contributed by atoms with Crippen LogP contribution >= 0.6 is 0 Å². The molecule has 0 aromatic heterocycles. The van der Waals surface area contributed by atoms with Crippen LogP contribution in [0.5, 0.6) is 0 Å². The SMILES string of the molecule is O=CC1(C(=O)NC2CCC2)CC1. The number of rotatable bonds is 3. The van der Waals surface area contributed by atoms with Crippen molar-refractivity contribution in [3.8, 4) is 0 Å². The summed E-state index contributed by atoms with van der Waals surface area (Å²) >= 11 is 0. The molecule has 3 heteroatoms. The largest absolute Gasteiger partial charge is 0.353 e. The molecule has 0 saturated heterocycles. The van der Waals surface area contributed by atoms with Crippen LogP contribution in [-0.4, -0.2) is 18.2 Å². The molecule has 1 N–H and O–H groups in total. The molecular weight excluding hydrogens is 154 g/mol. The fourth-order valence-corrected chi connectivity index (χ4v) is 1.41. The van der Waals surface area contributed by atoms with Crippen LogP contribution in [0.2, 0.25) is 0 Å². The van der Waals surface area contributed by atoms with E-state index in [2.05, 4.69) is 5.32 Å². The van der Waals surface area contributed by atoms with Crippen LogP contribution in [0.15, 0.2) is 0 Å². The average molecular weight is 167 g/mol. The molecule has 0 atom stereocenters. The van der Waals surface area contributed by atoms with E-state index in [1.54, 1.807) is 0 Å². The van der Waals surface area contributed by atoms with Gasteiger partial charge in [-0.3, -0.25) is 4.79 Å². The highest BCUT2D eigenvalue weighted by Crippen LogP contribution is 2.43. The molecule has 0 aromatic rings. The van der Waals surface area contributed by atoms with Gasteiger partial charge >= 0.3 is 0 Å². The van der Waals surface area contributed by atoms with Gasteiger partial charge in [0.15, 0.2) is 0 Å². The summed E-state index contributed by atoms with van der Waals surface area (Å²) < 4.78 is 0. The predicted octanol–water partition coefficient (Wildman–Crippen LogP) is 0.634. The monoisotopic (exact) mass is 167 g/mol. The second kappa shape index (κ2) is 2.57. The van der Waals surface area contributed by atoms with E-state index in [9.17, 15) is 9.59 Å². The molecule has 0 aliphatic heterocycles. The first-order chi connectivity index (χ1) is 5.77. The minimum atomic E-state index is -0.615. The van der Waals surface area contributed by atoms with Crippen molar-refractivity contribution in [1.82, 2.24) is 5.32 Å². The van der Waals surface area contributed by atoms with E-state index in [0.29, 0.717) is 6.04 Å². The summed E-state index contributed by atoms with van der Waals surface area (Å²) in [7, 11) is 0. The number of carbonyl (C=O) groups excluding carboxylic acids is 2. The van der Waals surface area contributed by atoms with Crippen molar-refractivity contribution in [3.63, 3.8) is 0 Å². The van der Waals surface area contributed by atoms with Crippen LogP contribution in [0.3, 0.4) is 0 Å². The molecule has 0 bridgehead atoms. The van der Waals surface area contributed by atoms with Gasteiger partial charge in [0.05, 0.1) is 0 Å². The Kier molecular flexibility index (Phi) is 1.67. The lowest BCUT2D eigenvalue weighted by Gasteiger charge is -2.27. The van der Waals surface area contributed by atoms with E-state index in [1.807, 2.05) is 0 Å². The molecule has 0 unspecified atom stereocenters. The summed E-state index contributed by atoms with van der Waals surface area (Å²) in [5.74, 6) is -0.0396. The van der Waals surface area contributed by atoms with Gasteiger partial charge in [-0.25, -0.2) is 0 Å². The molecule has 66 valence electrons. The Morgan fingerprint density at radius 2 is 2.08 bits per heavy atom. The van der Waals surface area contributed by atoms with Gasteiger partial charge < -0.3 is 10.1 Å². The Labute approximate surface area is 71.5 Å². The molecule has 2 aliphatic rings. The number of hydrogen-bond acceptors (Lipinski definition) is 2. The number of carbonyl (C=O) groups is 2. The van der Waals surface area contributed by atoms with E-state index >= 15 is 0 Å². The zero-order valence-corrected chi connectivity index (χ0v) is 7.01. The van der Waals surface area contributed by atoms with Crippen molar-refractivity contribution >= 4 is 12.2 Å². The smallest absolute Gasteiger partial charge is 0.233 e. The molecule has 12 heavy (non-hydrogen) atoms. The fourth-order valence-electron chi connectivity index (χ4n) is 1.41. The first kappa shape index (κ1) is 7.77. The maximum Gasteiger partial charge on any atom is 0.233 e. The Morgan fingerprint density at radius 1 is 1.42 bits per heavy atom. The van der Waals surface area contributed by atoms with Crippen molar-refractivity contribution in [3.05, 3.63) is 0 Å². The quantitative estimate of drug-likeness (QED) is 0.495. The van der Waals surface area contributed by atoms with Gasteiger partial charge in [0.2, 0.25) is 5.91 Å². The third-order valence-corrected chi connectivity index (χ3v) is 2.91. The standard InChI is InChI=1S/C9H13NO2/c11-6-9(4-5-9)8(12)10-7-2-1-3-7/h6-7H,1-5H2,(H,10,12). The van der Waals surface area contributed by atoms with E-state index < -0.39 is 5.41 Å². The molecule has 0 heterocycles. The lowest BCUT2D eigenvalue weighted by Crippen LogP contribution is -2.43. The van der Waals surface area contributed by atoms with Gasteiger partial charge in [-0.2, -0.15) is 0 Å². The first-order valence-corrected chi connectivity index (χ1v) is 4.54. The summed E-state index contributed by atoms with van der Waals surface area (Å²) in [6.45, 7) is 0. The minimum absolute atomic E-state index is 0.0396. The van der Waals surface area contributed by atoms with Crippen LogP contribution in [0, 0.1) is 5.41 Å². The number of aldehydes is 1. The number of amides is 1. The first-order valence-electron chi connectivity index (χ1n) is 4.54. The van der Waals surface area contributed by atoms with Gasteiger partial charge in [0.1, 0.15) is 11.7 Å². The van der Waals surface area contributed by atoms with Crippen LogP contribution in [-0.2, 0) is 9.59 Å². The molecule has 2 rings (SSSR count). The van der Waals surface area contributed by atoms with Crippen molar-refractivity contribution in [2.75, 3.05) is 0 Å². The highest BCUT2D eigenvalue weighted by atomic mass is 16.2. The molecule has 2 saturated carbocycles. The minimum Gasteiger partial charge on any atom is -0.353 e. The lowest BCUT2D eigenvalue weighted by atomic mass is 9.92. The topological polar surface area (TPSA) is 46.2 Å². The Hall–Kier alpha value is -0.860. The normalized spacial score (nSPS) is 25.7. The van der Waals surface area contributed by atoms with E-state index in [1.165, 1.54) is 6.42 Å². The molecule has 1 amide bonds. The highest BCUT2D eigenvalue weighted by Gasteiger charge is 2.50. The van der Waals surface area contributed by atoms with Crippen molar-refractivity contribution in [1.29, 1.82) is 0 Å². The van der Waals surface area contributed by atoms with Crippen LogP contribution in [0.25, 0.3) is 0 Å². The number of hydrogen-bond donors (Lipinski definition) is 1. The fraction of sp³-hybridized carbons (Fsp3) is 0.778. The predicted molar refractivity (Wildman–Crippen MR) is 43.5 cm³/mol. The second-order valence-electron chi connectivity index (χ2n) is 3.88. The molecule has 2 aliphatic carbocycles. The highest BCUT2D eigenvalue weighted by molar-refractivity contribution is 5.99. The summed E-state index contributed by atoms with van der Waals surface area (Å²) in [6, 6.07) is 0.356. The second-order valence-corrected chi connectivity index (χ2v) is 3.88. The molecule has 0 aromatic carbocycles. The summed E-state index contributed by atoms with van der Waals surface area (Å²) in [6.07, 6.45) is 5.67. The van der Waals surface area contributed by atoms with E-state index in [-0.39, 0.29) is 5.91 Å². The Bertz CT molecular complexity index is 217. The van der Waals surface area contributed by atoms with Crippen molar-refractivity contribution in [2.45, 2.75) is 38.1 Å². The van der Waals surface area contributed by atoms with Gasteiger partial charge in [0, 0.05) is 6.04 Å².